The SMILES string of the molecule is CCC(Cl)CCCc1ccc(F)cc1C. The van der Waals surface area contributed by atoms with Crippen molar-refractivity contribution in [3.63, 3.8) is 0 Å². The summed E-state index contributed by atoms with van der Waals surface area (Å²) in [4.78, 5) is 0. The Labute approximate surface area is 96.5 Å². The Morgan fingerprint density at radius 2 is 2.13 bits per heavy atom. The first-order valence-corrected chi connectivity index (χ1v) is 5.96. The first-order chi connectivity index (χ1) is 7.13. The van der Waals surface area contributed by atoms with Crippen LogP contribution in [0, 0.1) is 12.7 Å². The zero-order valence-electron chi connectivity index (χ0n) is 9.39. The van der Waals surface area contributed by atoms with Gasteiger partial charge in [0.05, 0.1) is 0 Å². The Morgan fingerprint density at radius 1 is 1.40 bits per heavy atom. The van der Waals surface area contributed by atoms with E-state index in [1.807, 2.05) is 13.0 Å². The van der Waals surface area contributed by atoms with E-state index in [4.69, 9.17) is 11.6 Å². The standard InChI is InChI=1S/C13H18ClF/c1-3-12(14)6-4-5-11-7-8-13(15)9-10(11)2/h7-9,12H,3-6H2,1-2H3. The molecule has 0 nitrogen and oxygen atoms in total. The van der Waals surface area contributed by atoms with Crippen LogP contribution in [0.2, 0.25) is 0 Å². The molecule has 0 aliphatic heterocycles. The average molecular weight is 229 g/mol. The van der Waals surface area contributed by atoms with Crippen LogP contribution in [0.5, 0.6) is 0 Å². The van der Waals surface area contributed by atoms with Crippen molar-refractivity contribution in [3.8, 4) is 0 Å². The summed E-state index contributed by atoms with van der Waals surface area (Å²) >= 11 is 6.04. The van der Waals surface area contributed by atoms with E-state index in [2.05, 4.69) is 6.92 Å². The van der Waals surface area contributed by atoms with Gasteiger partial charge < -0.3 is 0 Å². The van der Waals surface area contributed by atoms with Gasteiger partial charge in [-0.3, -0.25) is 0 Å². The average Bonchev–Trinajstić information content (AvgIpc) is 2.21. The summed E-state index contributed by atoms with van der Waals surface area (Å²) in [6, 6.07) is 4.99. The molecule has 0 aromatic heterocycles. The number of rotatable bonds is 5. The lowest BCUT2D eigenvalue weighted by atomic mass is 10.0. The van der Waals surface area contributed by atoms with Gasteiger partial charge in [-0.15, -0.1) is 11.6 Å². The highest BCUT2D eigenvalue weighted by molar-refractivity contribution is 6.20. The minimum atomic E-state index is -0.153. The zero-order valence-corrected chi connectivity index (χ0v) is 10.1. The molecule has 1 atom stereocenters. The number of aryl methyl sites for hydroxylation is 2. The van der Waals surface area contributed by atoms with E-state index in [1.165, 1.54) is 11.6 Å². The van der Waals surface area contributed by atoms with Gasteiger partial charge in [-0.05, 0) is 55.9 Å². The largest absolute Gasteiger partial charge is 0.207 e. The molecule has 0 radical (unpaired) electrons. The summed E-state index contributed by atoms with van der Waals surface area (Å²) in [6.45, 7) is 4.05. The number of benzene rings is 1. The third-order valence-corrected chi connectivity index (χ3v) is 3.24. The van der Waals surface area contributed by atoms with Crippen LogP contribution in [0.25, 0.3) is 0 Å². The van der Waals surface area contributed by atoms with Crippen LogP contribution in [0.15, 0.2) is 18.2 Å². The van der Waals surface area contributed by atoms with Crippen molar-refractivity contribution in [1.29, 1.82) is 0 Å². The maximum Gasteiger partial charge on any atom is 0.123 e. The van der Waals surface area contributed by atoms with Crippen LogP contribution in [0.3, 0.4) is 0 Å². The molecule has 1 rings (SSSR count). The Bertz CT molecular complexity index is 309. The molecule has 0 bridgehead atoms. The van der Waals surface area contributed by atoms with E-state index in [1.54, 1.807) is 6.07 Å². The summed E-state index contributed by atoms with van der Waals surface area (Å²) in [7, 11) is 0. The van der Waals surface area contributed by atoms with E-state index >= 15 is 0 Å². The van der Waals surface area contributed by atoms with Crippen LogP contribution in [0.1, 0.15) is 37.3 Å². The monoisotopic (exact) mass is 228 g/mol. The molecule has 2 heteroatoms. The van der Waals surface area contributed by atoms with Crippen molar-refractivity contribution in [2.75, 3.05) is 0 Å². The van der Waals surface area contributed by atoms with Gasteiger partial charge in [0.25, 0.3) is 0 Å². The third kappa shape index (κ3) is 4.21. The fraction of sp³-hybridized carbons (Fsp3) is 0.538. The quantitative estimate of drug-likeness (QED) is 0.652. The predicted molar refractivity (Wildman–Crippen MR) is 64.0 cm³/mol. The lowest BCUT2D eigenvalue weighted by molar-refractivity contribution is 0.623. The molecule has 0 heterocycles. The molecule has 0 saturated heterocycles. The normalized spacial score (nSPS) is 12.8. The van der Waals surface area contributed by atoms with Crippen LogP contribution in [0.4, 0.5) is 4.39 Å². The number of alkyl halides is 1. The van der Waals surface area contributed by atoms with Gasteiger partial charge in [0.15, 0.2) is 0 Å². The summed E-state index contributed by atoms with van der Waals surface area (Å²) in [6.07, 6.45) is 4.13. The van der Waals surface area contributed by atoms with Crippen molar-refractivity contribution >= 4 is 11.6 Å². The molecule has 84 valence electrons. The van der Waals surface area contributed by atoms with Crippen molar-refractivity contribution in [3.05, 3.63) is 35.1 Å². The van der Waals surface area contributed by atoms with Gasteiger partial charge in [-0.2, -0.15) is 0 Å². The predicted octanol–water partition coefficient (Wildman–Crippen LogP) is 4.47. The highest BCUT2D eigenvalue weighted by Gasteiger charge is 2.03. The number of hydrogen-bond acceptors (Lipinski definition) is 0. The molecule has 0 saturated carbocycles. The Kier molecular flexibility index (Phi) is 5.10. The third-order valence-electron chi connectivity index (χ3n) is 2.71. The van der Waals surface area contributed by atoms with Crippen molar-refractivity contribution in [2.24, 2.45) is 0 Å². The molecule has 0 spiro atoms. The first-order valence-electron chi connectivity index (χ1n) is 5.52. The van der Waals surface area contributed by atoms with Gasteiger partial charge in [-0.25, -0.2) is 4.39 Å². The minimum Gasteiger partial charge on any atom is -0.207 e. The molecule has 15 heavy (non-hydrogen) atoms. The minimum absolute atomic E-state index is 0.153. The Hall–Kier alpha value is -0.560. The molecule has 0 amide bonds. The molecule has 0 N–H and O–H groups in total. The highest BCUT2D eigenvalue weighted by Crippen LogP contribution is 2.16. The fourth-order valence-corrected chi connectivity index (χ4v) is 1.81. The Morgan fingerprint density at radius 3 is 2.73 bits per heavy atom. The van der Waals surface area contributed by atoms with Crippen LogP contribution in [-0.4, -0.2) is 5.38 Å². The molecule has 0 aliphatic carbocycles. The van der Waals surface area contributed by atoms with Gasteiger partial charge in [0, 0.05) is 5.38 Å². The fourth-order valence-electron chi connectivity index (χ4n) is 1.66. The van der Waals surface area contributed by atoms with E-state index in [0.717, 1.165) is 31.2 Å². The second-order valence-corrected chi connectivity index (χ2v) is 4.59. The summed E-state index contributed by atoms with van der Waals surface area (Å²) in [5.41, 5.74) is 2.27. The van der Waals surface area contributed by atoms with E-state index in [9.17, 15) is 4.39 Å². The summed E-state index contributed by atoms with van der Waals surface area (Å²) < 4.78 is 12.8. The summed E-state index contributed by atoms with van der Waals surface area (Å²) in [5.74, 6) is -0.153. The number of halogens is 2. The lowest BCUT2D eigenvalue weighted by Crippen LogP contribution is -1.98. The topological polar surface area (TPSA) is 0 Å². The molecule has 1 unspecified atom stereocenters. The van der Waals surface area contributed by atoms with E-state index < -0.39 is 0 Å². The van der Waals surface area contributed by atoms with Crippen LogP contribution in [-0.2, 0) is 6.42 Å². The first kappa shape index (κ1) is 12.5. The Balaban J connectivity index is 2.44. The van der Waals surface area contributed by atoms with E-state index in [0.29, 0.717) is 0 Å². The number of hydrogen-bond donors (Lipinski definition) is 0. The maximum atomic E-state index is 12.8. The molecule has 1 aromatic carbocycles. The van der Waals surface area contributed by atoms with E-state index in [-0.39, 0.29) is 11.2 Å². The van der Waals surface area contributed by atoms with Crippen molar-refractivity contribution in [1.82, 2.24) is 0 Å². The molecule has 0 aliphatic rings. The summed E-state index contributed by atoms with van der Waals surface area (Å²) in [5, 5.41) is 0.283. The molecular formula is C13H18ClF. The highest BCUT2D eigenvalue weighted by atomic mass is 35.5. The lowest BCUT2D eigenvalue weighted by Gasteiger charge is -2.08. The van der Waals surface area contributed by atoms with Crippen molar-refractivity contribution in [2.45, 2.75) is 44.9 Å². The van der Waals surface area contributed by atoms with Gasteiger partial charge in [0.1, 0.15) is 5.82 Å². The smallest absolute Gasteiger partial charge is 0.123 e. The maximum absolute atomic E-state index is 12.8. The van der Waals surface area contributed by atoms with Gasteiger partial charge in [0.2, 0.25) is 0 Å². The van der Waals surface area contributed by atoms with Crippen molar-refractivity contribution < 1.29 is 4.39 Å². The van der Waals surface area contributed by atoms with Gasteiger partial charge in [-0.1, -0.05) is 13.0 Å². The van der Waals surface area contributed by atoms with Crippen LogP contribution >= 0.6 is 11.6 Å². The second kappa shape index (κ2) is 6.12. The molecule has 1 aromatic rings. The molecule has 0 fully saturated rings. The van der Waals surface area contributed by atoms with Crippen LogP contribution < -0.4 is 0 Å². The zero-order chi connectivity index (χ0) is 11.3. The second-order valence-electron chi connectivity index (χ2n) is 3.97. The molecular weight excluding hydrogens is 211 g/mol. The van der Waals surface area contributed by atoms with Gasteiger partial charge >= 0.3 is 0 Å².